The number of aryl methyl sites for hydroxylation is 1. The van der Waals surface area contributed by atoms with Crippen LogP contribution in [0.25, 0.3) is 0 Å². The van der Waals surface area contributed by atoms with Crippen LogP contribution in [0.5, 0.6) is 11.5 Å². The minimum atomic E-state index is -0.647. The average Bonchev–Trinajstić information content (AvgIpc) is 3.27. The highest BCUT2D eigenvalue weighted by molar-refractivity contribution is 5.88. The lowest BCUT2D eigenvalue weighted by atomic mass is 10.1. The third kappa shape index (κ3) is 4.03. The predicted octanol–water partition coefficient (Wildman–Crippen LogP) is 3.32. The smallest absolute Gasteiger partial charge is 0.240 e. The topological polar surface area (TPSA) is 64.3 Å². The standard InChI is InChI=1S/C18H20N2O2.ClH/c1-13-6-2-4-8-15(13)22-16-9-5-3-7-14(16)12-20-17(21)18(19)10-11-18;/h2-9H,10-12,19H2,1H3,(H,20,21);1H. The molecule has 122 valence electrons. The quantitative estimate of drug-likeness (QED) is 0.882. The second-order valence-electron chi connectivity index (χ2n) is 5.81. The highest BCUT2D eigenvalue weighted by atomic mass is 35.5. The van der Waals surface area contributed by atoms with Crippen molar-refractivity contribution >= 4 is 18.3 Å². The van der Waals surface area contributed by atoms with Crippen molar-refractivity contribution in [3.05, 3.63) is 59.7 Å². The van der Waals surface area contributed by atoms with Gasteiger partial charge in [0.2, 0.25) is 5.91 Å². The fourth-order valence-corrected chi connectivity index (χ4v) is 2.25. The number of ether oxygens (including phenoxy) is 1. The maximum absolute atomic E-state index is 11.9. The Balaban J connectivity index is 0.00000192. The summed E-state index contributed by atoms with van der Waals surface area (Å²) in [6.45, 7) is 2.42. The van der Waals surface area contributed by atoms with E-state index in [0.29, 0.717) is 6.54 Å². The summed E-state index contributed by atoms with van der Waals surface area (Å²) in [7, 11) is 0. The predicted molar refractivity (Wildman–Crippen MR) is 92.9 cm³/mol. The minimum Gasteiger partial charge on any atom is -0.457 e. The molecule has 1 aliphatic rings. The summed E-state index contributed by atoms with van der Waals surface area (Å²) in [5.41, 5.74) is 7.25. The van der Waals surface area contributed by atoms with Crippen LogP contribution in [0.2, 0.25) is 0 Å². The molecule has 0 spiro atoms. The van der Waals surface area contributed by atoms with Crippen molar-refractivity contribution in [3.8, 4) is 11.5 Å². The van der Waals surface area contributed by atoms with E-state index in [1.54, 1.807) is 0 Å². The van der Waals surface area contributed by atoms with Gasteiger partial charge in [-0.05, 0) is 37.5 Å². The van der Waals surface area contributed by atoms with E-state index in [1.807, 2.05) is 55.5 Å². The lowest BCUT2D eigenvalue weighted by Gasteiger charge is -2.14. The first-order valence-electron chi connectivity index (χ1n) is 7.47. The molecule has 0 unspecified atom stereocenters. The number of carbonyl (C=O) groups excluding carboxylic acids is 1. The van der Waals surface area contributed by atoms with Crippen molar-refractivity contribution in [2.24, 2.45) is 5.73 Å². The zero-order valence-corrected chi connectivity index (χ0v) is 13.9. The second kappa shape index (κ2) is 7.02. The van der Waals surface area contributed by atoms with Crippen molar-refractivity contribution in [1.82, 2.24) is 5.32 Å². The summed E-state index contributed by atoms with van der Waals surface area (Å²) in [6, 6.07) is 15.6. The Morgan fingerprint density at radius 3 is 2.39 bits per heavy atom. The molecule has 1 aliphatic carbocycles. The highest BCUT2D eigenvalue weighted by Crippen LogP contribution is 2.32. The van der Waals surface area contributed by atoms with E-state index in [1.165, 1.54) is 0 Å². The molecule has 1 amide bonds. The lowest BCUT2D eigenvalue weighted by Crippen LogP contribution is -2.42. The van der Waals surface area contributed by atoms with Gasteiger partial charge in [-0.25, -0.2) is 0 Å². The van der Waals surface area contributed by atoms with E-state index in [0.717, 1.165) is 35.5 Å². The van der Waals surface area contributed by atoms with Crippen LogP contribution in [-0.2, 0) is 11.3 Å². The second-order valence-corrected chi connectivity index (χ2v) is 5.81. The molecule has 0 radical (unpaired) electrons. The molecule has 3 N–H and O–H groups in total. The van der Waals surface area contributed by atoms with Gasteiger partial charge in [-0.2, -0.15) is 0 Å². The van der Waals surface area contributed by atoms with E-state index in [-0.39, 0.29) is 18.3 Å². The van der Waals surface area contributed by atoms with Crippen molar-refractivity contribution in [3.63, 3.8) is 0 Å². The Kier molecular flexibility index (Phi) is 5.29. The molecule has 0 bridgehead atoms. The van der Waals surface area contributed by atoms with Gasteiger partial charge in [0, 0.05) is 12.1 Å². The van der Waals surface area contributed by atoms with Gasteiger partial charge in [-0.3, -0.25) is 4.79 Å². The molecule has 0 heterocycles. The molecule has 1 fully saturated rings. The van der Waals surface area contributed by atoms with Gasteiger partial charge < -0.3 is 15.8 Å². The van der Waals surface area contributed by atoms with Crippen LogP contribution in [0.15, 0.2) is 48.5 Å². The lowest BCUT2D eigenvalue weighted by molar-refractivity contribution is -0.123. The van der Waals surface area contributed by atoms with Crippen molar-refractivity contribution in [1.29, 1.82) is 0 Å². The van der Waals surface area contributed by atoms with Gasteiger partial charge >= 0.3 is 0 Å². The van der Waals surface area contributed by atoms with Crippen LogP contribution in [0.1, 0.15) is 24.0 Å². The van der Waals surface area contributed by atoms with E-state index >= 15 is 0 Å². The van der Waals surface area contributed by atoms with Crippen LogP contribution in [-0.4, -0.2) is 11.4 Å². The molecule has 5 heteroatoms. The number of rotatable bonds is 5. The zero-order valence-electron chi connectivity index (χ0n) is 13.0. The molecular formula is C18H21ClN2O2. The van der Waals surface area contributed by atoms with Crippen LogP contribution in [0.3, 0.4) is 0 Å². The van der Waals surface area contributed by atoms with Gasteiger partial charge in [-0.1, -0.05) is 36.4 Å². The summed E-state index contributed by atoms with van der Waals surface area (Å²) in [4.78, 5) is 11.9. The summed E-state index contributed by atoms with van der Waals surface area (Å²) in [5, 5.41) is 2.90. The highest BCUT2D eigenvalue weighted by Gasteiger charge is 2.45. The molecule has 0 aromatic heterocycles. The molecular weight excluding hydrogens is 312 g/mol. The number of benzene rings is 2. The third-order valence-corrected chi connectivity index (χ3v) is 3.97. The zero-order chi connectivity index (χ0) is 15.6. The minimum absolute atomic E-state index is 0. The molecule has 4 nitrogen and oxygen atoms in total. The number of halogens is 1. The van der Waals surface area contributed by atoms with Crippen LogP contribution in [0.4, 0.5) is 0 Å². The maximum Gasteiger partial charge on any atom is 0.240 e. The Morgan fingerprint density at radius 2 is 1.74 bits per heavy atom. The molecule has 23 heavy (non-hydrogen) atoms. The fraction of sp³-hybridized carbons (Fsp3) is 0.278. The summed E-state index contributed by atoms with van der Waals surface area (Å²) in [5.74, 6) is 1.48. The first-order chi connectivity index (χ1) is 10.6. The van der Waals surface area contributed by atoms with Gasteiger partial charge in [0.05, 0.1) is 5.54 Å². The van der Waals surface area contributed by atoms with Gasteiger partial charge in [0.1, 0.15) is 11.5 Å². The number of nitrogens with two attached hydrogens (primary N) is 1. The monoisotopic (exact) mass is 332 g/mol. The SMILES string of the molecule is Cc1ccccc1Oc1ccccc1CNC(=O)C1(N)CC1.Cl. The number of hydrogen-bond donors (Lipinski definition) is 2. The molecule has 1 saturated carbocycles. The number of hydrogen-bond acceptors (Lipinski definition) is 3. The number of para-hydroxylation sites is 2. The average molecular weight is 333 g/mol. The number of nitrogens with one attached hydrogen (secondary N) is 1. The molecule has 2 aromatic carbocycles. The third-order valence-electron chi connectivity index (χ3n) is 3.97. The Hall–Kier alpha value is -2.04. The van der Waals surface area contributed by atoms with Crippen LogP contribution in [0, 0.1) is 6.92 Å². The summed E-state index contributed by atoms with van der Waals surface area (Å²) < 4.78 is 5.99. The Bertz CT molecular complexity index is 699. The fourth-order valence-electron chi connectivity index (χ4n) is 2.25. The maximum atomic E-state index is 11.9. The van der Waals surface area contributed by atoms with Crippen LogP contribution < -0.4 is 15.8 Å². The molecule has 0 atom stereocenters. The normalized spacial score (nSPS) is 14.5. The molecule has 2 aromatic rings. The first kappa shape index (κ1) is 17.3. The number of carbonyl (C=O) groups is 1. The Labute approximate surface area is 142 Å². The van der Waals surface area contributed by atoms with E-state index in [9.17, 15) is 4.79 Å². The van der Waals surface area contributed by atoms with Crippen molar-refractivity contribution in [2.75, 3.05) is 0 Å². The summed E-state index contributed by atoms with van der Waals surface area (Å²) in [6.07, 6.45) is 1.53. The van der Waals surface area contributed by atoms with Crippen molar-refractivity contribution < 1.29 is 9.53 Å². The first-order valence-corrected chi connectivity index (χ1v) is 7.47. The Morgan fingerprint density at radius 1 is 1.13 bits per heavy atom. The van der Waals surface area contributed by atoms with E-state index in [4.69, 9.17) is 10.5 Å². The van der Waals surface area contributed by atoms with Gasteiger partial charge in [0.15, 0.2) is 0 Å². The summed E-state index contributed by atoms with van der Waals surface area (Å²) >= 11 is 0. The number of amides is 1. The van der Waals surface area contributed by atoms with E-state index in [2.05, 4.69) is 5.32 Å². The van der Waals surface area contributed by atoms with Gasteiger partial charge in [-0.15, -0.1) is 12.4 Å². The molecule has 3 rings (SSSR count). The molecule has 0 aliphatic heterocycles. The largest absolute Gasteiger partial charge is 0.457 e. The van der Waals surface area contributed by atoms with Crippen LogP contribution >= 0.6 is 12.4 Å². The van der Waals surface area contributed by atoms with E-state index < -0.39 is 5.54 Å². The molecule has 0 saturated heterocycles. The van der Waals surface area contributed by atoms with Crippen molar-refractivity contribution in [2.45, 2.75) is 31.8 Å². The van der Waals surface area contributed by atoms with Gasteiger partial charge in [0.25, 0.3) is 0 Å².